The Morgan fingerprint density at radius 3 is 2.24 bits per heavy atom. The molecule has 2 rings (SSSR count). The molecule has 3 heteroatoms. The number of benzene rings is 2. The molecule has 0 bridgehead atoms. The molecule has 21 heavy (non-hydrogen) atoms. The molecule has 0 fully saturated rings. The van der Waals surface area contributed by atoms with E-state index in [9.17, 15) is 0 Å². The number of hydrogen-bond donors (Lipinski definition) is 0. The summed E-state index contributed by atoms with van der Waals surface area (Å²) < 4.78 is 11.1. The molecule has 0 saturated heterocycles. The molecular weight excluding hydrogens is 280 g/mol. The summed E-state index contributed by atoms with van der Waals surface area (Å²) >= 11 is 1.83. The maximum Gasteiger partial charge on any atom is 0.119 e. The minimum absolute atomic E-state index is 0.263. The number of hydrogen-bond acceptors (Lipinski definition) is 3. The normalized spacial score (nSPS) is 11.4. The van der Waals surface area contributed by atoms with E-state index in [1.54, 1.807) is 7.11 Å². The zero-order valence-corrected chi connectivity index (χ0v) is 13.7. The van der Waals surface area contributed by atoms with Crippen molar-refractivity contribution in [1.29, 1.82) is 0 Å². The first-order chi connectivity index (χ1) is 10.1. The zero-order valence-electron chi connectivity index (χ0n) is 12.8. The Hall–Kier alpha value is -1.45. The van der Waals surface area contributed by atoms with Crippen LogP contribution in [0.4, 0.5) is 0 Å². The highest BCUT2D eigenvalue weighted by atomic mass is 32.2. The minimum atomic E-state index is -0.263. The predicted molar refractivity (Wildman–Crippen MR) is 89.0 cm³/mol. The molecule has 0 heterocycles. The van der Waals surface area contributed by atoms with E-state index < -0.39 is 0 Å². The SMILES string of the molecule is COC(C)(C)COc1ccc(SCc2ccccc2)cc1. The van der Waals surface area contributed by atoms with E-state index in [1.165, 1.54) is 10.5 Å². The van der Waals surface area contributed by atoms with Crippen LogP contribution in [-0.4, -0.2) is 19.3 Å². The van der Waals surface area contributed by atoms with Gasteiger partial charge in [0.15, 0.2) is 0 Å². The molecule has 2 aromatic rings. The highest BCUT2D eigenvalue weighted by Gasteiger charge is 2.17. The van der Waals surface area contributed by atoms with E-state index in [-0.39, 0.29) is 5.60 Å². The molecule has 0 aliphatic rings. The average molecular weight is 302 g/mol. The summed E-state index contributed by atoms with van der Waals surface area (Å²) in [6, 6.07) is 18.7. The van der Waals surface area contributed by atoms with Crippen LogP contribution in [0.5, 0.6) is 5.75 Å². The van der Waals surface area contributed by atoms with Gasteiger partial charge in [0.25, 0.3) is 0 Å². The van der Waals surface area contributed by atoms with Crippen molar-refractivity contribution in [2.24, 2.45) is 0 Å². The van der Waals surface area contributed by atoms with Gasteiger partial charge in [-0.2, -0.15) is 0 Å². The van der Waals surface area contributed by atoms with E-state index in [0.29, 0.717) is 6.61 Å². The van der Waals surface area contributed by atoms with Gasteiger partial charge in [0, 0.05) is 17.8 Å². The van der Waals surface area contributed by atoms with E-state index in [1.807, 2.05) is 43.8 Å². The smallest absolute Gasteiger partial charge is 0.119 e. The fourth-order valence-electron chi connectivity index (χ4n) is 1.69. The zero-order chi connectivity index (χ0) is 15.1. The van der Waals surface area contributed by atoms with Crippen LogP contribution >= 0.6 is 11.8 Å². The summed E-state index contributed by atoms with van der Waals surface area (Å²) in [6.07, 6.45) is 0. The molecule has 0 N–H and O–H groups in total. The second-order valence-corrected chi connectivity index (χ2v) is 6.55. The Bertz CT molecular complexity index is 535. The van der Waals surface area contributed by atoms with E-state index in [4.69, 9.17) is 9.47 Å². The van der Waals surface area contributed by atoms with Crippen LogP contribution < -0.4 is 4.74 Å². The lowest BCUT2D eigenvalue weighted by Gasteiger charge is -2.22. The molecule has 0 radical (unpaired) electrons. The van der Waals surface area contributed by atoms with Crippen molar-refractivity contribution < 1.29 is 9.47 Å². The molecule has 2 nitrogen and oxygen atoms in total. The molecule has 0 aliphatic carbocycles. The van der Waals surface area contributed by atoms with Crippen LogP contribution in [0, 0.1) is 0 Å². The number of thioether (sulfide) groups is 1. The van der Waals surface area contributed by atoms with Crippen molar-refractivity contribution in [3.63, 3.8) is 0 Å². The summed E-state index contributed by atoms with van der Waals surface area (Å²) in [7, 11) is 1.70. The van der Waals surface area contributed by atoms with Crippen molar-refractivity contribution in [2.45, 2.75) is 30.1 Å². The van der Waals surface area contributed by atoms with Crippen LogP contribution in [0.15, 0.2) is 59.5 Å². The summed E-state index contributed by atoms with van der Waals surface area (Å²) in [6.45, 7) is 4.56. The Balaban J connectivity index is 1.84. The van der Waals surface area contributed by atoms with Crippen LogP contribution in [0.3, 0.4) is 0 Å². The van der Waals surface area contributed by atoms with Gasteiger partial charge in [-0.1, -0.05) is 30.3 Å². The number of ether oxygens (including phenoxy) is 2. The van der Waals surface area contributed by atoms with Crippen molar-refractivity contribution >= 4 is 11.8 Å². The Labute approximate surface area is 131 Å². The van der Waals surface area contributed by atoms with Crippen LogP contribution in [0.1, 0.15) is 19.4 Å². The lowest BCUT2D eigenvalue weighted by atomic mass is 10.1. The second-order valence-electron chi connectivity index (χ2n) is 5.50. The number of methoxy groups -OCH3 is 1. The summed E-state index contributed by atoms with van der Waals surface area (Å²) in [5.41, 5.74) is 1.07. The summed E-state index contributed by atoms with van der Waals surface area (Å²) in [4.78, 5) is 1.25. The van der Waals surface area contributed by atoms with E-state index in [0.717, 1.165) is 11.5 Å². The Morgan fingerprint density at radius 2 is 1.62 bits per heavy atom. The first kappa shape index (κ1) is 15.9. The second kappa shape index (κ2) is 7.53. The molecule has 0 amide bonds. The van der Waals surface area contributed by atoms with Crippen LogP contribution in [-0.2, 0) is 10.5 Å². The molecular formula is C18H22O2S. The van der Waals surface area contributed by atoms with Gasteiger partial charge in [0.05, 0.1) is 5.60 Å². The maximum absolute atomic E-state index is 5.75. The monoisotopic (exact) mass is 302 g/mol. The quantitative estimate of drug-likeness (QED) is 0.686. The van der Waals surface area contributed by atoms with Gasteiger partial charge in [-0.3, -0.25) is 0 Å². The maximum atomic E-state index is 5.75. The van der Waals surface area contributed by atoms with Gasteiger partial charge in [0.2, 0.25) is 0 Å². The Morgan fingerprint density at radius 1 is 0.952 bits per heavy atom. The third-order valence-corrected chi connectivity index (χ3v) is 4.29. The molecule has 0 spiro atoms. The summed E-state index contributed by atoms with van der Waals surface area (Å²) in [5.74, 6) is 1.86. The van der Waals surface area contributed by atoms with Gasteiger partial charge in [0.1, 0.15) is 12.4 Å². The molecule has 0 aliphatic heterocycles. The van der Waals surface area contributed by atoms with Gasteiger partial charge >= 0.3 is 0 Å². The lowest BCUT2D eigenvalue weighted by Crippen LogP contribution is -2.30. The Kier molecular flexibility index (Phi) is 5.71. The van der Waals surface area contributed by atoms with Crippen LogP contribution in [0.25, 0.3) is 0 Å². The summed E-state index contributed by atoms with van der Waals surface area (Å²) in [5, 5.41) is 0. The highest BCUT2D eigenvalue weighted by Crippen LogP contribution is 2.25. The fraction of sp³-hybridized carbons (Fsp3) is 0.333. The van der Waals surface area contributed by atoms with Gasteiger partial charge in [-0.25, -0.2) is 0 Å². The first-order valence-corrected chi connectivity index (χ1v) is 8.02. The molecule has 0 unspecified atom stereocenters. The predicted octanol–water partition coefficient (Wildman–Crippen LogP) is 4.78. The lowest BCUT2D eigenvalue weighted by molar-refractivity contribution is -0.0146. The third-order valence-electron chi connectivity index (χ3n) is 3.21. The molecule has 2 aromatic carbocycles. The van der Waals surface area contributed by atoms with Crippen molar-refractivity contribution in [2.75, 3.05) is 13.7 Å². The average Bonchev–Trinajstić information content (AvgIpc) is 2.53. The van der Waals surface area contributed by atoms with Gasteiger partial charge in [-0.15, -0.1) is 11.8 Å². The first-order valence-electron chi connectivity index (χ1n) is 7.04. The van der Waals surface area contributed by atoms with Crippen molar-refractivity contribution in [3.8, 4) is 5.75 Å². The molecule has 0 atom stereocenters. The van der Waals surface area contributed by atoms with E-state index in [2.05, 4.69) is 36.4 Å². The van der Waals surface area contributed by atoms with Crippen LogP contribution in [0.2, 0.25) is 0 Å². The third kappa shape index (κ3) is 5.44. The standard InChI is InChI=1S/C18H22O2S/c1-18(2,19-3)14-20-16-9-11-17(12-10-16)21-13-15-7-5-4-6-8-15/h4-12H,13-14H2,1-3H3. The topological polar surface area (TPSA) is 18.5 Å². The van der Waals surface area contributed by atoms with Crippen molar-refractivity contribution in [3.05, 3.63) is 60.2 Å². The molecule has 112 valence electrons. The highest BCUT2D eigenvalue weighted by molar-refractivity contribution is 7.98. The van der Waals surface area contributed by atoms with Gasteiger partial charge in [-0.05, 0) is 43.7 Å². The van der Waals surface area contributed by atoms with Gasteiger partial charge < -0.3 is 9.47 Å². The number of rotatable bonds is 7. The van der Waals surface area contributed by atoms with Crippen molar-refractivity contribution in [1.82, 2.24) is 0 Å². The molecule has 0 aromatic heterocycles. The fourth-order valence-corrected chi connectivity index (χ4v) is 2.54. The van der Waals surface area contributed by atoms with E-state index >= 15 is 0 Å². The molecule has 0 saturated carbocycles. The minimum Gasteiger partial charge on any atom is -0.491 e. The largest absolute Gasteiger partial charge is 0.491 e.